The van der Waals surface area contributed by atoms with Gasteiger partial charge in [-0.2, -0.15) is 0 Å². The van der Waals surface area contributed by atoms with Gasteiger partial charge in [0.25, 0.3) is 0 Å². The summed E-state index contributed by atoms with van der Waals surface area (Å²) < 4.78 is 0. The van der Waals surface area contributed by atoms with Gasteiger partial charge in [0, 0.05) is 13.6 Å². The Hall–Kier alpha value is -2.61. The predicted octanol–water partition coefficient (Wildman–Crippen LogP) is 3.99. The van der Waals surface area contributed by atoms with Crippen molar-refractivity contribution in [2.45, 2.75) is 12.3 Å². The summed E-state index contributed by atoms with van der Waals surface area (Å²) in [5.74, 6) is -0.0314. The maximum Gasteiger partial charge on any atom is 0.234 e. The number of hydrogen-bond acceptors (Lipinski definition) is 1. The molecule has 0 aromatic heterocycles. The molecule has 1 amide bonds. The quantitative estimate of drug-likeness (QED) is 0.665. The van der Waals surface area contributed by atoms with Crippen LogP contribution in [0.1, 0.15) is 22.6 Å². The highest BCUT2D eigenvalue weighted by Crippen LogP contribution is 2.35. The molecule has 0 aliphatic carbocycles. The van der Waals surface area contributed by atoms with Crippen LogP contribution in [-0.2, 0) is 11.2 Å². The largest absolute Gasteiger partial charge is 0.345 e. The fourth-order valence-electron chi connectivity index (χ4n) is 3.60. The Morgan fingerprint density at radius 1 is 0.870 bits per heavy atom. The van der Waals surface area contributed by atoms with Crippen molar-refractivity contribution >= 4 is 16.7 Å². The zero-order valence-electron chi connectivity index (χ0n) is 13.2. The average molecular weight is 301 g/mol. The van der Waals surface area contributed by atoms with E-state index in [2.05, 4.69) is 48.5 Å². The lowest BCUT2D eigenvalue weighted by atomic mass is 9.85. The molecule has 1 heterocycles. The van der Waals surface area contributed by atoms with Crippen LogP contribution in [0.5, 0.6) is 0 Å². The Morgan fingerprint density at radius 2 is 1.57 bits per heavy atom. The van der Waals surface area contributed by atoms with Gasteiger partial charge in [0.05, 0.1) is 5.92 Å². The van der Waals surface area contributed by atoms with E-state index in [1.165, 1.54) is 16.3 Å². The normalized spacial score (nSPS) is 17.9. The summed E-state index contributed by atoms with van der Waals surface area (Å²) in [5, 5.41) is 2.35. The molecular weight excluding hydrogens is 282 g/mol. The van der Waals surface area contributed by atoms with Crippen molar-refractivity contribution < 1.29 is 4.79 Å². The number of rotatable bonds is 1. The summed E-state index contributed by atoms with van der Waals surface area (Å²) in [5.41, 5.74) is 3.54. The van der Waals surface area contributed by atoms with E-state index in [1.54, 1.807) is 0 Å². The maximum atomic E-state index is 13.1. The molecule has 4 rings (SSSR count). The Balaban J connectivity index is 1.99. The molecule has 2 nitrogen and oxygen atoms in total. The van der Waals surface area contributed by atoms with Gasteiger partial charge in [-0.25, -0.2) is 0 Å². The van der Waals surface area contributed by atoms with Crippen molar-refractivity contribution in [2.24, 2.45) is 0 Å². The van der Waals surface area contributed by atoms with E-state index in [9.17, 15) is 4.79 Å². The molecular formula is C21H19NO. The lowest BCUT2D eigenvalue weighted by Crippen LogP contribution is -2.31. The monoisotopic (exact) mass is 301 g/mol. The van der Waals surface area contributed by atoms with Crippen molar-refractivity contribution in [1.82, 2.24) is 4.90 Å². The van der Waals surface area contributed by atoms with Crippen LogP contribution in [0.25, 0.3) is 10.8 Å². The molecule has 0 saturated heterocycles. The fourth-order valence-corrected chi connectivity index (χ4v) is 3.60. The zero-order valence-corrected chi connectivity index (χ0v) is 13.2. The lowest BCUT2D eigenvalue weighted by Gasteiger charge is -2.22. The van der Waals surface area contributed by atoms with E-state index in [4.69, 9.17) is 0 Å². The number of nitrogens with zero attached hydrogens (tertiary/aromatic N) is 1. The van der Waals surface area contributed by atoms with Crippen molar-refractivity contribution in [3.05, 3.63) is 83.4 Å². The maximum absolute atomic E-state index is 13.1. The van der Waals surface area contributed by atoms with Crippen molar-refractivity contribution in [3.63, 3.8) is 0 Å². The summed E-state index contributed by atoms with van der Waals surface area (Å²) >= 11 is 0. The number of fused-ring (bicyclic) bond motifs is 2. The summed E-state index contributed by atoms with van der Waals surface area (Å²) in [6.45, 7) is 0.775. The molecule has 2 heteroatoms. The minimum atomic E-state index is -0.218. The van der Waals surface area contributed by atoms with Gasteiger partial charge in [-0.05, 0) is 33.9 Å². The fraction of sp³-hybridized carbons (Fsp3) is 0.190. The minimum Gasteiger partial charge on any atom is -0.345 e. The molecule has 0 spiro atoms. The Kier molecular flexibility index (Phi) is 3.38. The molecule has 3 aromatic carbocycles. The molecule has 23 heavy (non-hydrogen) atoms. The molecule has 3 aromatic rings. The smallest absolute Gasteiger partial charge is 0.234 e. The molecule has 114 valence electrons. The van der Waals surface area contributed by atoms with Gasteiger partial charge < -0.3 is 4.90 Å². The van der Waals surface area contributed by atoms with Crippen molar-refractivity contribution in [2.75, 3.05) is 13.6 Å². The van der Waals surface area contributed by atoms with Crippen LogP contribution in [0.4, 0.5) is 0 Å². The van der Waals surface area contributed by atoms with Crippen LogP contribution < -0.4 is 0 Å². The van der Waals surface area contributed by atoms with Gasteiger partial charge in [0.2, 0.25) is 5.91 Å². The predicted molar refractivity (Wildman–Crippen MR) is 93.6 cm³/mol. The third kappa shape index (κ3) is 2.31. The summed E-state index contributed by atoms with van der Waals surface area (Å²) in [7, 11) is 1.91. The van der Waals surface area contributed by atoms with Crippen LogP contribution in [0.2, 0.25) is 0 Å². The van der Waals surface area contributed by atoms with E-state index >= 15 is 0 Å². The standard InChI is InChI=1S/C21H19NO/c1-22-14-13-16-8-3-5-11-18(16)20(21(22)23)19-12-6-9-15-7-2-4-10-17(15)19/h2-12,20H,13-14H2,1H3. The average Bonchev–Trinajstić information content (AvgIpc) is 2.72. The summed E-state index contributed by atoms with van der Waals surface area (Å²) in [4.78, 5) is 14.9. The molecule has 0 fully saturated rings. The van der Waals surface area contributed by atoms with E-state index in [1.807, 2.05) is 30.1 Å². The summed E-state index contributed by atoms with van der Waals surface area (Å²) in [6, 6.07) is 22.9. The highest BCUT2D eigenvalue weighted by Gasteiger charge is 2.31. The lowest BCUT2D eigenvalue weighted by molar-refractivity contribution is -0.130. The molecule has 0 bridgehead atoms. The second kappa shape index (κ2) is 5.54. The molecule has 1 atom stereocenters. The Bertz CT molecular complexity index is 878. The molecule has 1 aliphatic rings. The number of benzene rings is 3. The molecule has 1 aliphatic heterocycles. The molecule has 0 radical (unpaired) electrons. The van der Waals surface area contributed by atoms with E-state index in [-0.39, 0.29) is 11.8 Å². The first-order chi connectivity index (χ1) is 11.3. The Morgan fingerprint density at radius 3 is 2.48 bits per heavy atom. The first-order valence-electron chi connectivity index (χ1n) is 8.06. The van der Waals surface area contributed by atoms with E-state index in [0.29, 0.717) is 0 Å². The second-order valence-electron chi connectivity index (χ2n) is 6.21. The Labute approximate surface area is 136 Å². The number of carbonyl (C=O) groups excluding carboxylic acids is 1. The first-order valence-corrected chi connectivity index (χ1v) is 8.06. The number of carbonyl (C=O) groups is 1. The van der Waals surface area contributed by atoms with Gasteiger partial charge >= 0.3 is 0 Å². The number of hydrogen-bond donors (Lipinski definition) is 0. The van der Waals surface area contributed by atoms with Crippen LogP contribution in [0.3, 0.4) is 0 Å². The topological polar surface area (TPSA) is 20.3 Å². The molecule has 0 saturated carbocycles. The van der Waals surface area contributed by atoms with Gasteiger partial charge in [0.15, 0.2) is 0 Å². The van der Waals surface area contributed by atoms with Crippen LogP contribution in [0, 0.1) is 0 Å². The van der Waals surface area contributed by atoms with Crippen LogP contribution >= 0.6 is 0 Å². The third-order valence-electron chi connectivity index (χ3n) is 4.84. The SMILES string of the molecule is CN1CCc2ccccc2C(c2cccc3ccccc23)C1=O. The first kappa shape index (κ1) is 14.0. The second-order valence-corrected chi connectivity index (χ2v) is 6.21. The highest BCUT2D eigenvalue weighted by atomic mass is 16.2. The van der Waals surface area contributed by atoms with Crippen molar-refractivity contribution in [3.8, 4) is 0 Å². The zero-order chi connectivity index (χ0) is 15.8. The number of likely N-dealkylation sites (N-methyl/N-ethyl adjacent to an activating group) is 1. The van der Waals surface area contributed by atoms with Gasteiger partial charge in [-0.3, -0.25) is 4.79 Å². The van der Waals surface area contributed by atoms with Gasteiger partial charge in [0.1, 0.15) is 0 Å². The summed E-state index contributed by atoms with van der Waals surface area (Å²) in [6.07, 6.45) is 0.916. The van der Waals surface area contributed by atoms with E-state index < -0.39 is 0 Å². The highest BCUT2D eigenvalue weighted by molar-refractivity contribution is 5.95. The van der Waals surface area contributed by atoms with Crippen LogP contribution in [0.15, 0.2) is 66.7 Å². The number of amides is 1. The third-order valence-corrected chi connectivity index (χ3v) is 4.84. The van der Waals surface area contributed by atoms with Gasteiger partial charge in [-0.15, -0.1) is 0 Å². The molecule has 1 unspecified atom stereocenters. The van der Waals surface area contributed by atoms with Gasteiger partial charge in [-0.1, -0.05) is 66.7 Å². The molecule has 0 N–H and O–H groups in total. The van der Waals surface area contributed by atoms with Crippen LogP contribution in [-0.4, -0.2) is 24.4 Å². The van der Waals surface area contributed by atoms with Crippen molar-refractivity contribution in [1.29, 1.82) is 0 Å². The van der Waals surface area contributed by atoms with E-state index in [0.717, 1.165) is 24.1 Å². The minimum absolute atomic E-state index is 0.186.